The molecule has 1 atom stereocenters. The van der Waals surface area contributed by atoms with Crippen molar-refractivity contribution in [2.75, 3.05) is 12.4 Å². The van der Waals surface area contributed by atoms with Crippen LogP contribution >= 0.6 is 0 Å². The van der Waals surface area contributed by atoms with E-state index in [0.29, 0.717) is 17.0 Å². The fraction of sp³-hybridized carbons (Fsp3) is 0.348. The monoisotopic (exact) mass is 395 g/mol. The number of rotatable bonds is 8. The predicted molar refractivity (Wildman–Crippen MR) is 109 cm³/mol. The van der Waals surface area contributed by atoms with Gasteiger partial charge in [0.2, 0.25) is 0 Å². The molecule has 0 heterocycles. The number of nitrogens with one attached hydrogen (secondary N) is 1. The molecule has 0 radical (unpaired) electrons. The highest BCUT2D eigenvalue weighted by molar-refractivity contribution is 5.98. The van der Waals surface area contributed by atoms with E-state index in [1.807, 2.05) is 18.2 Å². The number of esters is 1. The maximum absolute atomic E-state index is 12.4. The third-order valence-corrected chi connectivity index (χ3v) is 5.01. The maximum Gasteiger partial charge on any atom is 0.307 e. The standard InChI is InChI=1S/C23H25NO5/c1-15(23(27)24-19-8-10-20(28-2)11-9-19)29-22(26)13-12-21(25)18-7-6-16-4-3-5-17(16)14-18/h6-11,14-15H,3-5,12-13H2,1-2H3,(H,24,27). The number of ether oxygens (including phenoxy) is 2. The summed E-state index contributed by atoms with van der Waals surface area (Å²) in [6.07, 6.45) is 2.22. The van der Waals surface area contributed by atoms with Crippen molar-refractivity contribution in [2.24, 2.45) is 0 Å². The second kappa shape index (κ2) is 9.37. The molecule has 6 heteroatoms. The molecule has 1 N–H and O–H groups in total. The van der Waals surface area contributed by atoms with Gasteiger partial charge < -0.3 is 14.8 Å². The molecule has 2 aromatic rings. The fourth-order valence-corrected chi connectivity index (χ4v) is 3.33. The van der Waals surface area contributed by atoms with Crippen LogP contribution in [-0.2, 0) is 27.2 Å². The molecule has 1 amide bonds. The van der Waals surface area contributed by atoms with Crippen LogP contribution in [0.25, 0.3) is 0 Å². The second-order valence-corrected chi connectivity index (χ2v) is 7.11. The summed E-state index contributed by atoms with van der Waals surface area (Å²) in [6, 6.07) is 12.6. The Kier molecular flexibility index (Phi) is 6.65. The van der Waals surface area contributed by atoms with Gasteiger partial charge in [-0.05, 0) is 67.6 Å². The molecule has 1 unspecified atom stereocenters. The van der Waals surface area contributed by atoms with Gasteiger partial charge >= 0.3 is 5.97 Å². The highest BCUT2D eigenvalue weighted by Gasteiger charge is 2.20. The summed E-state index contributed by atoms with van der Waals surface area (Å²) < 4.78 is 10.2. The lowest BCUT2D eigenvalue weighted by Crippen LogP contribution is -2.30. The number of hydrogen-bond donors (Lipinski definition) is 1. The average molecular weight is 395 g/mol. The van der Waals surface area contributed by atoms with Crippen LogP contribution < -0.4 is 10.1 Å². The maximum atomic E-state index is 12.4. The largest absolute Gasteiger partial charge is 0.497 e. The van der Waals surface area contributed by atoms with Crippen LogP contribution in [-0.4, -0.2) is 30.9 Å². The second-order valence-electron chi connectivity index (χ2n) is 7.11. The Morgan fingerprint density at radius 1 is 1.00 bits per heavy atom. The van der Waals surface area contributed by atoms with Crippen molar-refractivity contribution in [2.45, 2.75) is 45.1 Å². The van der Waals surface area contributed by atoms with Crippen molar-refractivity contribution < 1.29 is 23.9 Å². The Balaban J connectivity index is 1.45. The molecule has 6 nitrogen and oxygen atoms in total. The van der Waals surface area contributed by atoms with Crippen LogP contribution in [0.3, 0.4) is 0 Å². The number of amides is 1. The summed E-state index contributed by atoms with van der Waals surface area (Å²) in [7, 11) is 1.56. The van der Waals surface area contributed by atoms with E-state index in [9.17, 15) is 14.4 Å². The molecule has 0 spiro atoms. The van der Waals surface area contributed by atoms with Gasteiger partial charge in [0, 0.05) is 17.7 Å². The van der Waals surface area contributed by atoms with Gasteiger partial charge in [-0.15, -0.1) is 0 Å². The van der Waals surface area contributed by atoms with E-state index in [0.717, 1.165) is 19.3 Å². The van der Waals surface area contributed by atoms with E-state index < -0.39 is 18.0 Å². The van der Waals surface area contributed by atoms with Gasteiger partial charge in [0.15, 0.2) is 11.9 Å². The van der Waals surface area contributed by atoms with Gasteiger partial charge in [-0.25, -0.2) is 0 Å². The molecule has 0 saturated heterocycles. The summed E-state index contributed by atoms with van der Waals surface area (Å²) in [5.74, 6) is -0.423. The van der Waals surface area contributed by atoms with Gasteiger partial charge in [-0.2, -0.15) is 0 Å². The van der Waals surface area contributed by atoms with E-state index in [-0.39, 0.29) is 18.6 Å². The zero-order valence-corrected chi connectivity index (χ0v) is 16.7. The highest BCUT2D eigenvalue weighted by atomic mass is 16.5. The van der Waals surface area contributed by atoms with Crippen LogP contribution in [0.4, 0.5) is 5.69 Å². The van der Waals surface area contributed by atoms with Crippen LogP contribution in [0.15, 0.2) is 42.5 Å². The minimum atomic E-state index is -0.959. The van der Waals surface area contributed by atoms with Crippen LogP contribution in [0.1, 0.15) is 47.7 Å². The van der Waals surface area contributed by atoms with Gasteiger partial charge in [-0.3, -0.25) is 14.4 Å². The lowest BCUT2D eigenvalue weighted by molar-refractivity contribution is -0.153. The van der Waals surface area contributed by atoms with Gasteiger partial charge in [-0.1, -0.05) is 12.1 Å². The molecule has 0 fully saturated rings. The highest BCUT2D eigenvalue weighted by Crippen LogP contribution is 2.23. The van der Waals surface area contributed by atoms with Gasteiger partial charge in [0.1, 0.15) is 5.75 Å². The number of hydrogen-bond acceptors (Lipinski definition) is 5. The Morgan fingerprint density at radius 2 is 1.72 bits per heavy atom. The minimum absolute atomic E-state index is 0.0595. The molecule has 0 aliphatic heterocycles. The van der Waals surface area contributed by atoms with Crippen LogP contribution in [0.2, 0.25) is 0 Å². The number of carbonyl (C=O) groups is 3. The summed E-state index contributed by atoms with van der Waals surface area (Å²) in [5, 5.41) is 2.67. The zero-order chi connectivity index (χ0) is 20.8. The number of ketones is 1. The molecule has 2 aromatic carbocycles. The summed E-state index contributed by atoms with van der Waals surface area (Å²) in [4.78, 5) is 36.6. The molecule has 152 valence electrons. The van der Waals surface area contributed by atoms with Gasteiger partial charge in [0.25, 0.3) is 5.91 Å². The number of carbonyl (C=O) groups excluding carboxylic acids is 3. The first kappa shape index (κ1) is 20.6. The third-order valence-electron chi connectivity index (χ3n) is 5.01. The van der Waals surface area contributed by atoms with E-state index >= 15 is 0 Å². The Hall–Kier alpha value is -3.15. The van der Waals surface area contributed by atoms with Crippen LogP contribution in [0, 0.1) is 0 Å². The topological polar surface area (TPSA) is 81.7 Å². The third kappa shape index (κ3) is 5.44. The number of aryl methyl sites for hydroxylation is 2. The van der Waals surface area contributed by atoms with Crippen molar-refractivity contribution in [3.05, 3.63) is 59.2 Å². The first-order valence-electron chi connectivity index (χ1n) is 9.75. The number of benzene rings is 2. The average Bonchev–Trinajstić information content (AvgIpc) is 3.20. The lowest BCUT2D eigenvalue weighted by Gasteiger charge is -2.13. The minimum Gasteiger partial charge on any atom is -0.497 e. The number of methoxy groups -OCH3 is 1. The lowest BCUT2D eigenvalue weighted by atomic mass is 10.0. The summed E-state index contributed by atoms with van der Waals surface area (Å²) in [6.45, 7) is 1.50. The van der Waals surface area contributed by atoms with Crippen molar-refractivity contribution in [1.29, 1.82) is 0 Å². The van der Waals surface area contributed by atoms with E-state index in [4.69, 9.17) is 9.47 Å². The molecule has 1 aliphatic carbocycles. The van der Waals surface area contributed by atoms with Crippen molar-refractivity contribution in [3.8, 4) is 5.75 Å². The van der Waals surface area contributed by atoms with E-state index in [2.05, 4.69) is 5.32 Å². The molecule has 3 rings (SSSR count). The van der Waals surface area contributed by atoms with E-state index in [1.165, 1.54) is 18.1 Å². The zero-order valence-electron chi connectivity index (χ0n) is 16.7. The molecule has 0 saturated carbocycles. The Labute approximate surface area is 170 Å². The first-order chi connectivity index (χ1) is 14.0. The SMILES string of the molecule is COc1ccc(NC(=O)C(C)OC(=O)CCC(=O)c2ccc3c(c2)CCC3)cc1. The van der Waals surface area contributed by atoms with Crippen molar-refractivity contribution >= 4 is 23.3 Å². The predicted octanol–water partition coefficient (Wildman–Crippen LogP) is 3.72. The van der Waals surface area contributed by atoms with Crippen LogP contribution in [0.5, 0.6) is 5.75 Å². The summed E-state index contributed by atoms with van der Waals surface area (Å²) in [5.41, 5.74) is 3.73. The quantitative estimate of drug-likeness (QED) is 0.544. The Morgan fingerprint density at radius 3 is 2.45 bits per heavy atom. The molecule has 29 heavy (non-hydrogen) atoms. The molecule has 0 aromatic heterocycles. The fourth-order valence-electron chi connectivity index (χ4n) is 3.33. The van der Waals surface area contributed by atoms with E-state index in [1.54, 1.807) is 31.4 Å². The molecular formula is C23H25NO5. The van der Waals surface area contributed by atoms with Crippen molar-refractivity contribution in [3.63, 3.8) is 0 Å². The normalized spacial score (nSPS) is 13.3. The Bertz CT molecular complexity index is 904. The number of fused-ring (bicyclic) bond motifs is 1. The van der Waals surface area contributed by atoms with Crippen molar-refractivity contribution in [1.82, 2.24) is 0 Å². The smallest absolute Gasteiger partial charge is 0.307 e. The number of anilines is 1. The van der Waals surface area contributed by atoms with Gasteiger partial charge in [0.05, 0.1) is 13.5 Å². The number of Topliss-reactive ketones (excluding diaryl/α,β-unsaturated/α-hetero) is 1. The molecular weight excluding hydrogens is 370 g/mol. The summed E-state index contributed by atoms with van der Waals surface area (Å²) >= 11 is 0. The molecule has 1 aliphatic rings. The first-order valence-corrected chi connectivity index (χ1v) is 9.75. The molecule has 0 bridgehead atoms.